The van der Waals surface area contributed by atoms with E-state index in [1.165, 1.54) is 6.07 Å². The first kappa shape index (κ1) is 12.2. The smallest absolute Gasteiger partial charge is 0.126 e. The molecule has 4 heteroatoms. The van der Waals surface area contributed by atoms with Gasteiger partial charge < -0.3 is 5.73 Å². The third kappa shape index (κ3) is 2.70. The van der Waals surface area contributed by atoms with Gasteiger partial charge in [-0.25, -0.2) is 9.37 Å². The van der Waals surface area contributed by atoms with Crippen molar-refractivity contribution < 1.29 is 4.39 Å². The van der Waals surface area contributed by atoms with E-state index in [0.29, 0.717) is 12.0 Å². The van der Waals surface area contributed by atoms with Crippen LogP contribution in [0.5, 0.6) is 0 Å². The molecule has 0 radical (unpaired) electrons. The number of hydrogen-bond donors (Lipinski definition) is 1. The second-order valence-corrected chi connectivity index (χ2v) is 5.32. The van der Waals surface area contributed by atoms with E-state index in [9.17, 15) is 4.39 Å². The van der Waals surface area contributed by atoms with Gasteiger partial charge in [0.1, 0.15) is 5.82 Å². The van der Waals surface area contributed by atoms with Crippen LogP contribution in [-0.2, 0) is 6.42 Å². The Bertz CT molecular complexity index is 522. The topological polar surface area (TPSA) is 38.9 Å². The van der Waals surface area contributed by atoms with Gasteiger partial charge in [0.05, 0.1) is 10.7 Å². The van der Waals surface area contributed by atoms with Crippen LogP contribution in [0.1, 0.15) is 27.2 Å². The summed E-state index contributed by atoms with van der Waals surface area (Å²) < 4.78 is 13.5. The van der Waals surface area contributed by atoms with Crippen molar-refractivity contribution in [3.05, 3.63) is 51.2 Å². The van der Waals surface area contributed by atoms with Crippen LogP contribution in [0.25, 0.3) is 0 Å². The van der Waals surface area contributed by atoms with Crippen molar-refractivity contribution in [2.75, 3.05) is 0 Å². The van der Waals surface area contributed by atoms with E-state index < -0.39 is 0 Å². The molecule has 2 nitrogen and oxygen atoms in total. The number of nitrogens with two attached hydrogens (primary N) is 1. The van der Waals surface area contributed by atoms with Crippen LogP contribution in [0.2, 0.25) is 0 Å². The molecule has 1 aromatic heterocycles. The number of thiazole rings is 1. The summed E-state index contributed by atoms with van der Waals surface area (Å²) in [4.78, 5) is 5.39. The molecule has 0 saturated carbocycles. The number of aromatic nitrogens is 1. The third-order valence-corrected chi connectivity index (χ3v) is 3.88. The van der Waals surface area contributed by atoms with E-state index in [-0.39, 0.29) is 11.9 Å². The maximum Gasteiger partial charge on any atom is 0.126 e. The van der Waals surface area contributed by atoms with Gasteiger partial charge in [0, 0.05) is 10.9 Å². The largest absolute Gasteiger partial charge is 0.323 e. The van der Waals surface area contributed by atoms with Crippen molar-refractivity contribution in [1.29, 1.82) is 0 Å². The molecule has 1 aromatic carbocycles. The van der Waals surface area contributed by atoms with Crippen LogP contribution < -0.4 is 5.73 Å². The van der Waals surface area contributed by atoms with Gasteiger partial charge in [-0.2, -0.15) is 0 Å². The molecule has 1 atom stereocenters. The molecule has 1 heterocycles. The Hall–Kier alpha value is -1.26. The summed E-state index contributed by atoms with van der Waals surface area (Å²) in [5.41, 5.74) is 7.73. The van der Waals surface area contributed by atoms with E-state index in [4.69, 9.17) is 5.73 Å². The molecule has 0 aliphatic carbocycles. The van der Waals surface area contributed by atoms with E-state index in [1.54, 1.807) is 23.5 Å². The third-order valence-electron chi connectivity index (χ3n) is 2.67. The summed E-state index contributed by atoms with van der Waals surface area (Å²) in [6, 6.07) is 6.58. The molecule has 0 spiro atoms. The quantitative estimate of drug-likeness (QED) is 0.909. The lowest BCUT2D eigenvalue weighted by atomic mass is 10.0. The fourth-order valence-corrected chi connectivity index (χ4v) is 2.81. The van der Waals surface area contributed by atoms with Crippen molar-refractivity contribution in [1.82, 2.24) is 4.98 Å². The summed E-state index contributed by atoms with van der Waals surface area (Å²) >= 11 is 1.59. The van der Waals surface area contributed by atoms with Crippen LogP contribution in [0.15, 0.2) is 24.3 Å². The maximum atomic E-state index is 13.5. The standard InChI is InChI=1S/C13H15FN2S/c1-8-13(17-9(2)16-8)12(15)7-10-5-3-4-6-11(10)14/h3-6,12H,7,15H2,1-2H3. The molecule has 0 amide bonds. The highest BCUT2D eigenvalue weighted by Crippen LogP contribution is 2.26. The van der Waals surface area contributed by atoms with Gasteiger partial charge in [-0.05, 0) is 31.9 Å². The minimum Gasteiger partial charge on any atom is -0.323 e. The van der Waals surface area contributed by atoms with Crippen LogP contribution in [0.4, 0.5) is 4.39 Å². The fourth-order valence-electron chi connectivity index (χ4n) is 1.88. The van der Waals surface area contributed by atoms with Crippen LogP contribution in [-0.4, -0.2) is 4.98 Å². The molecule has 2 aromatic rings. The number of halogens is 1. The van der Waals surface area contributed by atoms with Crippen molar-refractivity contribution in [3.8, 4) is 0 Å². The van der Waals surface area contributed by atoms with Gasteiger partial charge in [-0.15, -0.1) is 11.3 Å². The lowest BCUT2D eigenvalue weighted by Gasteiger charge is -2.11. The maximum absolute atomic E-state index is 13.5. The lowest BCUT2D eigenvalue weighted by molar-refractivity contribution is 0.594. The number of benzene rings is 1. The Morgan fingerprint density at radius 2 is 2.06 bits per heavy atom. The summed E-state index contributed by atoms with van der Waals surface area (Å²) in [5.74, 6) is -0.193. The van der Waals surface area contributed by atoms with Crippen molar-refractivity contribution >= 4 is 11.3 Å². The van der Waals surface area contributed by atoms with Crippen LogP contribution in [0, 0.1) is 19.7 Å². The zero-order valence-corrected chi connectivity index (χ0v) is 10.7. The molecule has 90 valence electrons. The second kappa shape index (κ2) is 4.94. The molecule has 2 N–H and O–H groups in total. The van der Waals surface area contributed by atoms with E-state index >= 15 is 0 Å². The number of nitrogens with zero attached hydrogens (tertiary/aromatic N) is 1. The van der Waals surface area contributed by atoms with Crippen molar-refractivity contribution in [2.45, 2.75) is 26.3 Å². The van der Waals surface area contributed by atoms with E-state index in [0.717, 1.165) is 15.6 Å². The minimum atomic E-state index is -0.193. The Morgan fingerprint density at radius 3 is 2.65 bits per heavy atom. The Balaban J connectivity index is 2.20. The summed E-state index contributed by atoms with van der Waals surface area (Å²) in [5, 5.41) is 1.00. The van der Waals surface area contributed by atoms with Gasteiger partial charge in [-0.3, -0.25) is 0 Å². The Labute approximate surface area is 104 Å². The van der Waals surface area contributed by atoms with Gasteiger partial charge in [0.25, 0.3) is 0 Å². The summed E-state index contributed by atoms with van der Waals surface area (Å²) in [7, 11) is 0. The molecule has 0 aliphatic rings. The zero-order valence-electron chi connectivity index (χ0n) is 9.90. The van der Waals surface area contributed by atoms with Gasteiger partial charge >= 0.3 is 0 Å². The molecule has 0 aliphatic heterocycles. The molecule has 17 heavy (non-hydrogen) atoms. The molecule has 0 saturated heterocycles. The molecule has 2 rings (SSSR count). The monoisotopic (exact) mass is 250 g/mol. The molecular formula is C13H15FN2S. The normalized spacial score (nSPS) is 12.7. The Morgan fingerprint density at radius 1 is 1.35 bits per heavy atom. The first-order chi connectivity index (χ1) is 8.08. The SMILES string of the molecule is Cc1nc(C)c(C(N)Cc2ccccc2F)s1. The zero-order chi connectivity index (χ0) is 12.4. The number of aryl methyl sites for hydroxylation is 2. The van der Waals surface area contributed by atoms with Gasteiger partial charge in [-0.1, -0.05) is 18.2 Å². The van der Waals surface area contributed by atoms with Gasteiger partial charge in [0.15, 0.2) is 0 Å². The first-order valence-electron chi connectivity index (χ1n) is 5.51. The predicted molar refractivity (Wildman–Crippen MR) is 68.6 cm³/mol. The summed E-state index contributed by atoms with van der Waals surface area (Å²) in [6.07, 6.45) is 0.509. The van der Waals surface area contributed by atoms with E-state index in [2.05, 4.69) is 4.98 Å². The second-order valence-electron chi connectivity index (χ2n) is 4.08. The molecule has 1 unspecified atom stereocenters. The van der Waals surface area contributed by atoms with Crippen LogP contribution in [0.3, 0.4) is 0 Å². The highest BCUT2D eigenvalue weighted by molar-refractivity contribution is 7.11. The number of hydrogen-bond acceptors (Lipinski definition) is 3. The van der Waals surface area contributed by atoms with Crippen molar-refractivity contribution in [3.63, 3.8) is 0 Å². The molecule has 0 bridgehead atoms. The summed E-state index contributed by atoms with van der Waals surface area (Å²) in [6.45, 7) is 3.90. The number of rotatable bonds is 3. The van der Waals surface area contributed by atoms with E-state index in [1.807, 2.05) is 19.9 Å². The fraction of sp³-hybridized carbons (Fsp3) is 0.308. The van der Waals surface area contributed by atoms with Gasteiger partial charge in [0.2, 0.25) is 0 Å². The highest BCUT2D eigenvalue weighted by atomic mass is 32.1. The average Bonchev–Trinajstić information content (AvgIpc) is 2.61. The average molecular weight is 250 g/mol. The lowest BCUT2D eigenvalue weighted by Crippen LogP contribution is -2.13. The molecular weight excluding hydrogens is 235 g/mol. The first-order valence-corrected chi connectivity index (χ1v) is 6.32. The highest BCUT2D eigenvalue weighted by Gasteiger charge is 2.15. The predicted octanol–water partition coefficient (Wildman–Crippen LogP) is 3.14. The molecule has 0 fully saturated rings. The van der Waals surface area contributed by atoms with Crippen molar-refractivity contribution in [2.24, 2.45) is 5.73 Å². The minimum absolute atomic E-state index is 0.182. The Kier molecular flexibility index (Phi) is 3.54. The van der Waals surface area contributed by atoms with Crippen LogP contribution >= 0.6 is 11.3 Å².